The number of rotatable bonds is 3. The van der Waals surface area contributed by atoms with Crippen LogP contribution in [0.5, 0.6) is 0 Å². The molecule has 3 atom stereocenters. The van der Waals surface area contributed by atoms with Crippen molar-refractivity contribution >= 4 is 11.8 Å². The molecule has 2 amide bonds. The summed E-state index contributed by atoms with van der Waals surface area (Å²) in [5, 5.41) is 3.49. The number of hydrogen-bond donors (Lipinski definition) is 1. The van der Waals surface area contributed by atoms with Gasteiger partial charge in [0.05, 0.1) is 11.8 Å². The molecular weight excluding hydrogens is 240 g/mol. The van der Waals surface area contributed by atoms with Gasteiger partial charge in [0.2, 0.25) is 11.8 Å². The Kier molecular flexibility index (Phi) is 3.87. The lowest BCUT2D eigenvalue weighted by Crippen LogP contribution is -2.39. The number of fused-ring (bicyclic) bond motifs is 1. The second kappa shape index (κ2) is 5.61. The Labute approximate surface area is 114 Å². The Balaban J connectivity index is 1.58. The van der Waals surface area contributed by atoms with Gasteiger partial charge in [0.1, 0.15) is 0 Å². The highest BCUT2D eigenvalue weighted by molar-refractivity contribution is 6.05. The van der Waals surface area contributed by atoms with Gasteiger partial charge in [0, 0.05) is 12.6 Å². The lowest BCUT2D eigenvalue weighted by atomic mass is 9.81. The van der Waals surface area contributed by atoms with E-state index in [2.05, 4.69) is 5.32 Å². The lowest BCUT2D eigenvalue weighted by molar-refractivity contribution is -0.140. The molecule has 0 radical (unpaired) electrons. The minimum Gasteiger partial charge on any atom is -0.314 e. The van der Waals surface area contributed by atoms with Crippen LogP contribution in [0.15, 0.2) is 0 Å². The zero-order valence-corrected chi connectivity index (χ0v) is 11.6. The quantitative estimate of drug-likeness (QED) is 0.789. The predicted molar refractivity (Wildman–Crippen MR) is 72.4 cm³/mol. The third-order valence-electron chi connectivity index (χ3n) is 5.05. The first-order valence-corrected chi connectivity index (χ1v) is 7.86. The Morgan fingerprint density at radius 3 is 2.16 bits per heavy atom. The molecule has 3 unspecified atom stereocenters. The molecule has 0 aromatic carbocycles. The van der Waals surface area contributed by atoms with Gasteiger partial charge in [-0.2, -0.15) is 0 Å². The van der Waals surface area contributed by atoms with Crippen LogP contribution in [0.25, 0.3) is 0 Å². The number of carbonyl (C=O) groups is 2. The van der Waals surface area contributed by atoms with Crippen LogP contribution in [0.4, 0.5) is 0 Å². The van der Waals surface area contributed by atoms with E-state index in [4.69, 9.17) is 0 Å². The van der Waals surface area contributed by atoms with Gasteiger partial charge in [0.15, 0.2) is 0 Å². The van der Waals surface area contributed by atoms with Gasteiger partial charge in [-0.15, -0.1) is 0 Å². The predicted octanol–water partition coefficient (Wildman–Crippen LogP) is 1.69. The van der Waals surface area contributed by atoms with Crippen LogP contribution in [-0.4, -0.2) is 35.8 Å². The van der Waals surface area contributed by atoms with Crippen molar-refractivity contribution in [2.75, 3.05) is 13.1 Å². The van der Waals surface area contributed by atoms with Gasteiger partial charge in [-0.05, 0) is 38.6 Å². The van der Waals surface area contributed by atoms with E-state index in [0.717, 1.165) is 38.6 Å². The first-order chi connectivity index (χ1) is 9.27. The maximum atomic E-state index is 12.3. The molecule has 0 bridgehead atoms. The van der Waals surface area contributed by atoms with Gasteiger partial charge >= 0.3 is 0 Å². The summed E-state index contributed by atoms with van der Waals surface area (Å²) < 4.78 is 0. The topological polar surface area (TPSA) is 49.4 Å². The monoisotopic (exact) mass is 264 g/mol. The Bertz CT molecular complexity index is 339. The summed E-state index contributed by atoms with van der Waals surface area (Å²) in [6.45, 7) is 1.71. The summed E-state index contributed by atoms with van der Waals surface area (Å²) in [7, 11) is 0. The Morgan fingerprint density at radius 1 is 0.947 bits per heavy atom. The molecule has 4 nitrogen and oxygen atoms in total. The SMILES string of the molecule is O=C1C2CCCCC2C(=O)N1CCC1CCCCN1. The van der Waals surface area contributed by atoms with Crippen molar-refractivity contribution in [3.05, 3.63) is 0 Å². The number of amides is 2. The Morgan fingerprint density at radius 2 is 1.58 bits per heavy atom. The van der Waals surface area contributed by atoms with Crippen LogP contribution in [-0.2, 0) is 9.59 Å². The zero-order valence-electron chi connectivity index (χ0n) is 11.6. The average Bonchev–Trinajstić information content (AvgIpc) is 2.71. The summed E-state index contributed by atoms with van der Waals surface area (Å²) in [5.41, 5.74) is 0. The van der Waals surface area contributed by atoms with Crippen molar-refractivity contribution in [2.24, 2.45) is 11.8 Å². The van der Waals surface area contributed by atoms with Crippen molar-refractivity contribution in [1.82, 2.24) is 10.2 Å². The van der Waals surface area contributed by atoms with Crippen LogP contribution < -0.4 is 5.32 Å². The molecule has 1 saturated carbocycles. The number of carbonyl (C=O) groups excluding carboxylic acids is 2. The first-order valence-electron chi connectivity index (χ1n) is 7.86. The number of hydrogen-bond acceptors (Lipinski definition) is 3. The maximum absolute atomic E-state index is 12.3. The minimum atomic E-state index is 0.0144. The molecule has 3 rings (SSSR count). The third-order valence-corrected chi connectivity index (χ3v) is 5.05. The summed E-state index contributed by atoms with van der Waals surface area (Å²) >= 11 is 0. The lowest BCUT2D eigenvalue weighted by Gasteiger charge is -2.25. The van der Waals surface area contributed by atoms with Crippen LogP contribution >= 0.6 is 0 Å². The van der Waals surface area contributed by atoms with E-state index >= 15 is 0 Å². The zero-order chi connectivity index (χ0) is 13.2. The molecule has 1 aliphatic carbocycles. The largest absolute Gasteiger partial charge is 0.314 e. The van der Waals surface area contributed by atoms with Gasteiger partial charge in [-0.25, -0.2) is 0 Å². The van der Waals surface area contributed by atoms with E-state index in [0.29, 0.717) is 12.6 Å². The van der Waals surface area contributed by atoms with E-state index < -0.39 is 0 Å². The average molecular weight is 264 g/mol. The number of piperidine rings is 1. The number of nitrogens with zero attached hydrogens (tertiary/aromatic N) is 1. The van der Waals surface area contributed by atoms with E-state index in [1.165, 1.54) is 19.3 Å². The summed E-state index contributed by atoms with van der Waals surface area (Å²) in [6.07, 6.45) is 8.70. The van der Waals surface area contributed by atoms with Gasteiger partial charge < -0.3 is 5.32 Å². The summed E-state index contributed by atoms with van der Waals surface area (Å²) in [4.78, 5) is 26.2. The number of nitrogens with one attached hydrogen (secondary N) is 1. The van der Waals surface area contributed by atoms with Crippen LogP contribution in [0.1, 0.15) is 51.4 Å². The van der Waals surface area contributed by atoms with Gasteiger partial charge in [-0.1, -0.05) is 19.3 Å². The van der Waals surface area contributed by atoms with Gasteiger partial charge in [0.25, 0.3) is 0 Å². The molecule has 2 heterocycles. The standard InChI is InChI=1S/C15H24N2O2/c18-14-12-6-1-2-7-13(12)15(19)17(14)10-8-11-5-3-4-9-16-11/h11-13,16H,1-10H2. The highest BCUT2D eigenvalue weighted by Gasteiger charge is 2.47. The van der Waals surface area contributed by atoms with E-state index in [1.54, 1.807) is 4.90 Å². The minimum absolute atomic E-state index is 0.0144. The van der Waals surface area contributed by atoms with E-state index in [-0.39, 0.29) is 23.7 Å². The molecule has 19 heavy (non-hydrogen) atoms. The maximum Gasteiger partial charge on any atom is 0.233 e. The molecule has 3 aliphatic rings. The van der Waals surface area contributed by atoms with Crippen molar-refractivity contribution in [3.63, 3.8) is 0 Å². The normalized spacial score (nSPS) is 35.6. The smallest absolute Gasteiger partial charge is 0.233 e. The number of imide groups is 1. The molecule has 2 aliphatic heterocycles. The van der Waals surface area contributed by atoms with E-state index in [1.807, 2.05) is 0 Å². The Hall–Kier alpha value is -0.900. The van der Waals surface area contributed by atoms with Crippen molar-refractivity contribution in [3.8, 4) is 0 Å². The van der Waals surface area contributed by atoms with Crippen molar-refractivity contribution in [2.45, 2.75) is 57.4 Å². The first kappa shape index (κ1) is 13.1. The highest BCUT2D eigenvalue weighted by Crippen LogP contribution is 2.38. The fraction of sp³-hybridized carbons (Fsp3) is 0.867. The van der Waals surface area contributed by atoms with Crippen LogP contribution in [0.2, 0.25) is 0 Å². The van der Waals surface area contributed by atoms with E-state index in [9.17, 15) is 9.59 Å². The van der Waals surface area contributed by atoms with Crippen LogP contribution in [0, 0.1) is 11.8 Å². The third kappa shape index (κ3) is 2.55. The van der Waals surface area contributed by atoms with Gasteiger partial charge in [-0.3, -0.25) is 14.5 Å². The van der Waals surface area contributed by atoms with Crippen molar-refractivity contribution < 1.29 is 9.59 Å². The second-order valence-electron chi connectivity index (χ2n) is 6.26. The molecular formula is C15H24N2O2. The summed E-state index contributed by atoms with van der Waals surface area (Å²) in [6, 6.07) is 0.497. The van der Waals surface area contributed by atoms with Crippen molar-refractivity contribution in [1.29, 1.82) is 0 Å². The summed E-state index contributed by atoms with van der Waals surface area (Å²) in [5.74, 6) is 0.261. The number of likely N-dealkylation sites (tertiary alicyclic amines) is 1. The molecule has 0 aromatic rings. The highest BCUT2D eigenvalue weighted by atomic mass is 16.2. The molecule has 106 valence electrons. The van der Waals surface area contributed by atoms with Crippen LogP contribution in [0.3, 0.4) is 0 Å². The fourth-order valence-electron chi connectivity index (χ4n) is 3.91. The molecule has 0 spiro atoms. The molecule has 3 fully saturated rings. The fourth-order valence-corrected chi connectivity index (χ4v) is 3.91. The second-order valence-corrected chi connectivity index (χ2v) is 6.26. The molecule has 2 saturated heterocycles. The molecule has 4 heteroatoms. The molecule has 1 N–H and O–H groups in total. The molecule has 0 aromatic heterocycles.